The molecule has 9 nitrogen and oxygen atoms in total. The number of aromatic nitrogens is 3. The van der Waals surface area contributed by atoms with Gasteiger partial charge in [-0.25, -0.2) is 14.4 Å². The van der Waals surface area contributed by atoms with Gasteiger partial charge in [0.25, 0.3) is 11.5 Å². The number of carbonyl (C=O) groups is 1. The Morgan fingerprint density at radius 3 is 2.68 bits per heavy atom. The molecule has 0 aliphatic carbocycles. The highest BCUT2D eigenvalue weighted by Gasteiger charge is 2.28. The lowest BCUT2D eigenvalue weighted by Gasteiger charge is -2.23. The fourth-order valence-electron chi connectivity index (χ4n) is 5.04. The number of nitrogens with zero attached hydrogens (tertiary/aromatic N) is 4. The highest BCUT2D eigenvalue weighted by Crippen LogP contribution is 2.30. The topological polar surface area (TPSA) is 101 Å². The molecule has 4 aromatic rings. The van der Waals surface area contributed by atoms with E-state index in [-0.39, 0.29) is 40.3 Å². The molecule has 12 heteroatoms. The summed E-state index contributed by atoms with van der Waals surface area (Å²) in [5.41, 5.74) is 2.82. The summed E-state index contributed by atoms with van der Waals surface area (Å²) in [5.74, 6) is 0.448. The average Bonchev–Trinajstić information content (AvgIpc) is 3.41. The third-order valence-electron chi connectivity index (χ3n) is 6.98. The van der Waals surface area contributed by atoms with Crippen LogP contribution in [0.2, 0.25) is 5.15 Å². The highest BCUT2D eigenvalue weighted by atomic mass is 35.5. The number of amides is 1. The van der Waals surface area contributed by atoms with Gasteiger partial charge in [0.1, 0.15) is 22.8 Å². The number of halogens is 2. The number of hydrogen-bond acceptors (Lipinski definition) is 8. The second kappa shape index (κ2) is 12.0. The first-order chi connectivity index (χ1) is 19.6. The SMILES string of the molecule is CSNC(=O)c1nc(Cl)ccc1NC(C)c1cc(C)cc2c(=O)n(C)c(N3CCC(Oc4ccc(F)cc4)C3)nc12. The van der Waals surface area contributed by atoms with E-state index in [2.05, 4.69) is 15.0 Å². The minimum absolute atomic E-state index is 0.130. The summed E-state index contributed by atoms with van der Waals surface area (Å²) in [5, 5.41) is 4.09. The second-order valence-electron chi connectivity index (χ2n) is 9.99. The predicted octanol–water partition coefficient (Wildman–Crippen LogP) is 5.27. The van der Waals surface area contributed by atoms with Crippen LogP contribution < -0.4 is 25.2 Å². The molecule has 2 aromatic carbocycles. The van der Waals surface area contributed by atoms with Crippen molar-refractivity contribution in [1.29, 1.82) is 0 Å². The van der Waals surface area contributed by atoms with E-state index in [1.807, 2.05) is 30.9 Å². The summed E-state index contributed by atoms with van der Waals surface area (Å²) in [4.78, 5) is 37.5. The molecule has 0 radical (unpaired) electrons. The highest BCUT2D eigenvalue weighted by molar-refractivity contribution is 7.97. The number of rotatable bonds is 8. The molecule has 214 valence electrons. The van der Waals surface area contributed by atoms with Crippen molar-refractivity contribution in [1.82, 2.24) is 19.3 Å². The minimum Gasteiger partial charge on any atom is -0.489 e. The van der Waals surface area contributed by atoms with Crippen LogP contribution in [0.5, 0.6) is 5.75 Å². The molecule has 1 amide bonds. The van der Waals surface area contributed by atoms with Crippen molar-refractivity contribution < 1.29 is 13.9 Å². The zero-order chi connectivity index (χ0) is 29.3. The molecule has 2 aromatic heterocycles. The van der Waals surface area contributed by atoms with Crippen LogP contribution in [-0.4, -0.2) is 45.9 Å². The Labute approximate surface area is 246 Å². The Bertz CT molecular complexity index is 1670. The van der Waals surface area contributed by atoms with Crippen molar-refractivity contribution >= 4 is 52.0 Å². The van der Waals surface area contributed by atoms with Gasteiger partial charge < -0.3 is 15.0 Å². The molecular weight excluding hydrogens is 567 g/mol. The maximum atomic E-state index is 13.6. The fraction of sp³-hybridized carbons (Fsp3) is 0.310. The molecule has 1 aliphatic rings. The van der Waals surface area contributed by atoms with Gasteiger partial charge in [0.05, 0.1) is 29.2 Å². The number of pyridine rings is 1. The average molecular weight is 597 g/mol. The Morgan fingerprint density at radius 2 is 1.95 bits per heavy atom. The summed E-state index contributed by atoms with van der Waals surface area (Å²) in [7, 11) is 1.72. The van der Waals surface area contributed by atoms with Crippen molar-refractivity contribution in [3.8, 4) is 5.75 Å². The number of anilines is 2. The van der Waals surface area contributed by atoms with E-state index in [1.165, 1.54) is 24.1 Å². The number of aryl methyl sites for hydroxylation is 1. The van der Waals surface area contributed by atoms with Crippen molar-refractivity contribution in [2.24, 2.45) is 7.05 Å². The van der Waals surface area contributed by atoms with Crippen LogP contribution in [-0.2, 0) is 7.05 Å². The summed E-state index contributed by atoms with van der Waals surface area (Å²) >= 11 is 7.26. The summed E-state index contributed by atoms with van der Waals surface area (Å²) < 4.78 is 23.6. The third-order valence-corrected chi connectivity index (χ3v) is 7.58. The van der Waals surface area contributed by atoms with Gasteiger partial charge in [-0.2, -0.15) is 0 Å². The summed E-state index contributed by atoms with van der Waals surface area (Å²) in [6, 6.07) is 12.8. The normalized spacial score (nSPS) is 15.7. The van der Waals surface area contributed by atoms with Gasteiger partial charge in [0.2, 0.25) is 5.95 Å². The van der Waals surface area contributed by atoms with Gasteiger partial charge in [0, 0.05) is 31.8 Å². The van der Waals surface area contributed by atoms with E-state index in [0.717, 1.165) is 17.5 Å². The number of ether oxygens (including phenoxy) is 1. The molecule has 1 aliphatic heterocycles. The van der Waals surface area contributed by atoms with Gasteiger partial charge >= 0.3 is 0 Å². The zero-order valence-electron chi connectivity index (χ0n) is 23.1. The van der Waals surface area contributed by atoms with Gasteiger partial charge in [0.15, 0.2) is 5.69 Å². The predicted molar refractivity (Wildman–Crippen MR) is 162 cm³/mol. The van der Waals surface area contributed by atoms with E-state index >= 15 is 0 Å². The maximum Gasteiger partial charge on any atom is 0.281 e. The molecule has 2 atom stereocenters. The lowest BCUT2D eigenvalue weighted by atomic mass is 10.0. The second-order valence-corrected chi connectivity index (χ2v) is 11.0. The standard InChI is InChI=1S/C29H30ClFN6O3S/c1-16-13-21(17(2)32-23-9-10-24(30)33-26(23)27(38)35-41-4)25-22(14-16)28(39)36(3)29(34-25)37-12-11-20(15-37)40-19-7-5-18(31)6-8-19/h5-10,13-14,17,20,32H,11-12,15H2,1-4H3,(H,35,38). The fourth-order valence-corrected chi connectivity index (χ4v) is 5.47. The molecule has 1 fully saturated rings. The van der Waals surface area contributed by atoms with Crippen LogP contribution in [0.3, 0.4) is 0 Å². The monoisotopic (exact) mass is 596 g/mol. The molecule has 0 bridgehead atoms. The largest absolute Gasteiger partial charge is 0.489 e. The first-order valence-corrected chi connectivity index (χ1v) is 14.7. The molecule has 0 spiro atoms. The Hall–Kier alpha value is -3.83. The van der Waals surface area contributed by atoms with E-state index in [1.54, 1.807) is 42.1 Å². The summed E-state index contributed by atoms with van der Waals surface area (Å²) in [6.07, 6.45) is 2.35. The maximum absolute atomic E-state index is 13.6. The molecule has 3 heterocycles. The van der Waals surface area contributed by atoms with Gasteiger partial charge in [-0.05, 0) is 61.9 Å². The lowest BCUT2D eigenvalue weighted by Crippen LogP contribution is -2.32. The zero-order valence-corrected chi connectivity index (χ0v) is 24.6. The molecule has 1 saturated heterocycles. The van der Waals surface area contributed by atoms with Crippen LogP contribution in [0.15, 0.2) is 53.3 Å². The van der Waals surface area contributed by atoms with Crippen LogP contribution in [0.1, 0.15) is 41.0 Å². The molecule has 0 saturated carbocycles. The van der Waals surface area contributed by atoms with E-state index in [0.29, 0.717) is 41.4 Å². The number of nitrogens with one attached hydrogen (secondary N) is 2. The first-order valence-electron chi connectivity index (χ1n) is 13.1. The van der Waals surface area contributed by atoms with Crippen LogP contribution >= 0.6 is 23.5 Å². The number of benzene rings is 2. The molecule has 2 N–H and O–H groups in total. The molecule has 2 unspecified atom stereocenters. The van der Waals surface area contributed by atoms with Gasteiger partial charge in [-0.1, -0.05) is 29.6 Å². The number of hydrogen-bond donors (Lipinski definition) is 2. The Balaban J connectivity index is 1.47. The molecule has 5 rings (SSSR count). The van der Waals surface area contributed by atoms with E-state index in [9.17, 15) is 14.0 Å². The molecule has 41 heavy (non-hydrogen) atoms. The Morgan fingerprint density at radius 1 is 1.20 bits per heavy atom. The summed E-state index contributed by atoms with van der Waals surface area (Å²) in [6.45, 7) is 5.06. The number of carbonyl (C=O) groups excluding carboxylic acids is 1. The quantitative estimate of drug-likeness (QED) is 0.210. The van der Waals surface area contributed by atoms with Crippen molar-refractivity contribution in [2.75, 3.05) is 29.6 Å². The Kier molecular flexibility index (Phi) is 8.37. The van der Waals surface area contributed by atoms with Crippen LogP contribution in [0, 0.1) is 12.7 Å². The van der Waals surface area contributed by atoms with E-state index in [4.69, 9.17) is 21.3 Å². The van der Waals surface area contributed by atoms with Gasteiger partial charge in [-0.3, -0.25) is 18.9 Å². The van der Waals surface area contributed by atoms with Crippen molar-refractivity contribution in [2.45, 2.75) is 32.4 Å². The van der Waals surface area contributed by atoms with Gasteiger partial charge in [-0.15, -0.1) is 0 Å². The van der Waals surface area contributed by atoms with Crippen molar-refractivity contribution in [3.63, 3.8) is 0 Å². The molecular formula is C29H30ClFN6O3S. The lowest BCUT2D eigenvalue weighted by molar-refractivity contribution is 0.0980. The third kappa shape index (κ3) is 6.11. The van der Waals surface area contributed by atoms with Crippen LogP contribution in [0.4, 0.5) is 16.0 Å². The number of fused-ring (bicyclic) bond motifs is 1. The first kappa shape index (κ1) is 28.7. The van der Waals surface area contributed by atoms with E-state index < -0.39 is 0 Å². The van der Waals surface area contributed by atoms with Crippen molar-refractivity contribution in [3.05, 3.63) is 86.7 Å². The smallest absolute Gasteiger partial charge is 0.281 e. The van der Waals surface area contributed by atoms with Crippen LogP contribution in [0.25, 0.3) is 10.9 Å². The minimum atomic E-state index is -0.371.